The maximum atomic E-state index is 10.1. The number of rotatable bonds is 8. The lowest BCUT2D eigenvalue weighted by atomic mass is 9.99. The summed E-state index contributed by atoms with van der Waals surface area (Å²) in [4.78, 5) is 0. The van der Waals surface area contributed by atoms with Crippen LogP contribution < -0.4 is 14.2 Å². The Balaban J connectivity index is 1.25. The molecule has 1 saturated heterocycles. The lowest BCUT2D eigenvalue weighted by molar-refractivity contribution is -0.301. The molecule has 10 heteroatoms. The Morgan fingerprint density at radius 2 is 1.80 bits per heavy atom. The molecule has 0 aliphatic carbocycles. The van der Waals surface area contributed by atoms with Crippen molar-refractivity contribution in [2.24, 2.45) is 0 Å². The summed E-state index contributed by atoms with van der Waals surface area (Å²) in [6, 6.07) is 11.5. The molecule has 5 atom stereocenters. The van der Waals surface area contributed by atoms with Crippen LogP contribution in [-0.4, -0.2) is 78.2 Å². The summed E-state index contributed by atoms with van der Waals surface area (Å²) in [5.74, 6) is 2.67. The first kappa shape index (κ1) is 23.9. The van der Waals surface area contributed by atoms with Gasteiger partial charge in [0, 0.05) is 10.9 Å². The number of hydrogen-bond acceptors (Lipinski definition) is 10. The quantitative estimate of drug-likeness (QED) is 0.346. The zero-order valence-corrected chi connectivity index (χ0v) is 19.1. The van der Waals surface area contributed by atoms with Crippen LogP contribution in [0, 0.1) is 0 Å². The molecule has 3 aromatic rings. The monoisotopic (exact) mass is 488 g/mol. The third-order valence-corrected chi connectivity index (χ3v) is 6.26. The second kappa shape index (κ2) is 10.0. The van der Waals surface area contributed by atoms with Crippen molar-refractivity contribution < 1.29 is 48.5 Å². The van der Waals surface area contributed by atoms with E-state index < -0.39 is 37.3 Å². The topological polar surface area (TPSA) is 140 Å². The number of ether oxygens (including phenoxy) is 5. The van der Waals surface area contributed by atoms with E-state index in [0.29, 0.717) is 41.4 Å². The van der Waals surface area contributed by atoms with Crippen molar-refractivity contribution in [3.05, 3.63) is 42.0 Å². The summed E-state index contributed by atoms with van der Waals surface area (Å²) in [6.07, 6.45) is -5.18. The summed E-state index contributed by atoms with van der Waals surface area (Å²) in [6.45, 7) is -0.0589. The highest BCUT2D eigenvalue weighted by Gasteiger charge is 2.43. The summed E-state index contributed by atoms with van der Waals surface area (Å²) >= 11 is 0. The number of benzene rings is 2. The van der Waals surface area contributed by atoms with Crippen molar-refractivity contribution in [2.45, 2.75) is 43.5 Å². The van der Waals surface area contributed by atoms with Crippen molar-refractivity contribution in [2.75, 3.05) is 27.1 Å². The highest BCUT2D eigenvalue weighted by Crippen LogP contribution is 2.39. The molecule has 188 valence electrons. The molecule has 1 aromatic heterocycles. The number of hydrogen-bond donors (Lipinski definition) is 4. The van der Waals surface area contributed by atoms with E-state index in [2.05, 4.69) is 0 Å². The van der Waals surface area contributed by atoms with Crippen LogP contribution in [0.15, 0.2) is 40.8 Å². The minimum absolute atomic E-state index is 0.205. The van der Waals surface area contributed by atoms with Gasteiger partial charge in [0.1, 0.15) is 30.2 Å². The van der Waals surface area contributed by atoms with Crippen LogP contribution in [0.5, 0.6) is 17.2 Å². The predicted octanol–water partition coefficient (Wildman–Crippen LogP) is 1.59. The summed E-state index contributed by atoms with van der Waals surface area (Å²) in [5.41, 5.74) is 2.51. The average Bonchev–Trinajstić information content (AvgIpc) is 3.52. The molecule has 35 heavy (non-hydrogen) atoms. The standard InChI is InChI=1S/C25H28O10/c1-30-19-8-13(3-2-6-31-25-23(29)22(28)21(27)20(11-26)35-25)7-15-10-17(34-24(15)19)14-4-5-16-18(9-14)33-12-32-16/h4-5,7-10,20-23,25-29H,2-3,6,11-12H2,1H3. The van der Waals surface area contributed by atoms with Gasteiger partial charge in [-0.3, -0.25) is 0 Å². The second-order valence-corrected chi connectivity index (χ2v) is 8.57. The molecule has 2 aliphatic heterocycles. The van der Waals surface area contributed by atoms with Crippen LogP contribution in [0.3, 0.4) is 0 Å². The molecule has 3 heterocycles. The van der Waals surface area contributed by atoms with Crippen LogP contribution in [0.25, 0.3) is 22.3 Å². The number of aliphatic hydroxyl groups is 4. The number of methoxy groups -OCH3 is 1. The molecule has 0 bridgehead atoms. The van der Waals surface area contributed by atoms with Crippen molar-refractivity contribution in [1.82, 2.24) is 0 Å². The molecule has 0 amide bonds. The van der Waals surface area contributed by atoms with Gasteiger partial charge < -0.3 is 48.5 Å². The van der Waals surface area contributed by atoms with Gasteiger partial charge in [-0.15, -0.1) is 0 Å². The Kier molecular flexibility index (Phi) is 6.83. The minimum atomic E-state index is -1.46. The van der Waals surface area contributed by atoms with Crippen molar-refractivity contribution in [1.29, 1.82) is 0 Å². The van der Waals surface area contributed by atoms with E-state index in [1.807, 2.05) is 36.4 Å². The van der Waals surface area contributed by atoms with Gasteiger partial charge >= 0.3 is 0 Å². The van der Waals surface area contributed by atoms with Gasteiger partial charge in [0.15, 0.2) is 29.1 Å². The Bertz CT molecular complexity index is 1170. The first-order chi connectivity index (χ1) is 17.0. The highest BCUT2D eigenvalue weighted by atomic mass is 16.7. The molecule has 0 saturated carbocycles. The van der Waals surface area contributed by atoms with Gasteiger partial charge in [-0.05, 0) is 54.8 Å². The molecule has 2 aliphatic rings. The van der Waals surface area contributed by atoms with Gasteiger partial charge in [-0.2, -0.15) is 0 Å². The molecule has 0 radical (unpaired) electrons. The molecule has 5 unspecified atom stereocenters. The third kappa shape index (κ3) is 4.68. The fourth-order valence-corrected chi connectivity index (χ4v) is 4.35. The second-order valence-electron chi connectivity index (χ2n) is 8.57. The van der Waals surface area contributed by atoms with E-state index >= 15 is 0 Å². The van der Waals surface area contributed by atoms with E-state index in [4.69, 9.17) is 28.1 Å². The maximum absolute atomic E-state index is 10.1. The van der Waals surface area contributed by atoms with E-state index in [9.17, 15) is 20.4 Å². The normalized spacial score (nSPS) is 25.8. The summed E-state index contributed by atoms with van der Waals surface area (Å²) in [7, 11) is 1.59. The van der Waals surface area contributed by atoms with Crippen LogP contribution in [0.2, 0.25) is 0 Å². The molecule has 4 N–H and O–H groups in total. The third-order valence-electron chi connectivity index (χ3n) is 6.26. The number of furan rings is 1. The van der Waals surface area contributed by atoms with E-state index in [1.165, 1.54) is 0 Å². The van der Waals surface area contributed by atoms with Gasteiger partial charge in [-0.1, -0.05) is 0 Å². The molecular formula is C25H28O10. The first-order valence-corrected chi connectivity index (χ1v) is 11.4. The largest absolute Gasteiger partial charge is 0.493 e. The SMILES string of the molecule is COc1cc(CCCOC2OC(CO)C(O)C(O)C2O)cc2cc(-c3ccc4c(c3)OCO4)oc12. The summed E-state index contributed by atoms with van der Waals surface area (Å²) in [5, 5.41) is 40.0. The highest BCUT2D eigenvalue weighted by molar-refractivity contribution is 5.88. The van der Waals surface area contributed by atoms with Gasteiger partial charge in [0.05, 0.1) is 20.3 Å². The van der Waals surface area contributed by atoms with Gasteiger partial charge in [0.25, 0.3) is 0 Å². The van der Waals surface area contributed by atoms with Gasteiger partial charge in [0.2, 0.25) is 6.79 Å². The van der Waals surface area contributed by atoms with Crippen LogP contribution in [0.4, 0.5) is 0 Å². The summed E-state index contributed by atoms with van der Waals surface area (Å²) < 4.78 is 33.4. The Morgan fingerprint density at radius 1 is 0.971 bits per heavy atom. The fraction of sp³-hybridized carbons (Fsp3) is 0.440. The lowest BCUT2D eigenvalue weighted by Gasteiger charge is -2.39. The number of fused-ring (bicyclic) bond motifs is 2. The van der Waals surface area contributed by atoms with E-state index in [0.717, 1.165) is 16.5 Å². The van der Waals surface area contributed by atoms with Gasteiger partial charge in [-0.25, -0.2) is 0 Å². The smallest absolute Gasteiger partial charge is 0.231 e. The fourth-order valence-electron chi connectivity index (χ4n) is 4.35. The van der Waals surface area contributed by atoms with E-state index in [-0.39, 0.29) is 13.4 Å². The van der Waals surface area contributed by atoms with Crippen LogP contribution in [0.1, 0.15) is 12.0 Å². The van der Waals surface area contributed by atoms with Crippen LogP contribution in [-0.2, 0) is 15.9 Å². The Labute approximate surface area is 201 Å². The maximum Gasteiger partial charge on any atom is 0.231 e. The average molecular weight is 488 g/mol. The van der Waals surface area contributed by atoms with Crippen molar-refractivity contribution in [3.8, 4) is 28.6 Å². The Morgan fingerprint density at radius 3 is 2.60 bits per heavy atom. The molecular weight excluding hydrogens is 460 g/mol. The number of aliphatic hydroxyl groups excluding tert-OH is 4. The molecule has 5 rings (SSSR count). The van der Waals surface area contributed by atoms with Crippen molar-refractivity contribution in [3.63, 3.8) is 0 Å². The minimum Gasteiger partial charge on any atom is -0.493 e. The van der Waals surface area contributed by atoms with Crippen LogP contribution >= 0.6 is 0 Å². The first-order valence-electron chi connectivity index (χ1n) is 11.4. The zero-order valence-electron chi connectivity index (χ0n) is 19.1. The molecule has 1 fully saturated rings. The van der Waals surface area contributed by atoms with E-state index in [1.54, 1.807) is 7.11 Å². The Hall–Kier alpha value is -2.86. The molecule has 10 nitrogen and oxygen atoms in total. The van der Waals surface area contributed by atoms with Crippen molar-refractivity contribution >= 4 is 11.0 Å². The molecule has 2 aromatic carbocycles. The number of aryl methyl sites for hydroxylation is 1. The predicted molar refractivity (Wildman–Crippen MR) is 122 cm³/mol. The molecule has 0 spiro atoms. The zero-order chi connectivity index (χ0) is 24.5. The lowest BCUT2D eigenvalue weighted by Crippen LogP contribution is -2.59.